The molecule has 2 aromatic carbocycles. The Morgan fingerprint density at radius 1 is 1.26 bits per heavy atom. The van der Waals surface area contributed by atoms with Crippen LogP contribution in [-0.2, 0) is 16.9 Å². The lowest BCUT2D eigenvalue weighted by Crippen LogP contribution is -2.44. The molecule has 2 N–H and O–H groups in total. The van der Waals surface area contributed by atoms with Crippen LogP contribution in [0.4, 0.5) is 5.69 Å². The van der Waals surface area contributed by atoms with Crippen LogP contribution in [0.1, 0.15) is 24.5 Å². The number of hydrogen-bond donors (Lipinski definition) is 2. The Morgan fingerprint density at radius 3 is 2.63 bits per heavy atom. The quantitative estimate of drug-likeness (QED) is 0.422. The van der Waals surface area contributed by atoms with Gasteiger partial charge in [0.1, 0.15) is 0 Å². The van der Waals surface area contributed by atoms with Crippen molar-refractivity contribution in [2.24, 2.45) is 5.92 Å². The van der Waals surface area contributed by atoms with E-state index in [4.69, 9.17) is 5.11 Å². The highest BCUT2D eigenvalue weighted by Gasteiger charge is 2.52. The maximum atomic E-state index is 13.3. The number of anilines is 1. The highest BCUT2D eigenvalue weighted by Crippen LogP contribution is 2.46. The molecule has 1 aliphatic rings. The van der Waals surface area contributed by atoms with Crippen molar-refractivity contribution in [2.45, 2.75) is 25.5 Å². The van der Waals surface area contributed by atoms with Gasteiger partial charge in [-0.25, -0.2) is 0 Å². The first-order valence-corrected chi connectivity index (χ1v) is 10.6. The average molecular weight is 542 g/mol. The minimum absolute atomic E-state index is 0.0384. The van der Waals surface area contributed by atoms with E-state index in [-0.39, 0.29) is 12.5 Å². The van der Waals surface area contributed by atoms with Gasteiger partial charge in [0.25, 0.3) is 5.91 Å². The van der Waals surface area contributed by atoms with Crippen LogP contribution in [0.5, 0.6) is 0 Å². The van der Waals surface area contributed by atoms with Gasteiger partial charge in [0.2, 0.25) is 0 Å². The monoisotopic (exact) mass is 541 g/mol. The number of carbonyl (C=O) groups excluding carboxylic acids is 1. The Morgan fingerprint density at radius 2 is 1.96 bits per heavy atom. The molecular weight excluding hydrogens is 521 g/mol. The molecule has 0 fully saturated rings. The van der Waals surface area contributed by atoms with E-state index in [1.807, 2.05) is 49.4 Å². The minimum Gasteiger partial charge on any atom is -0.396 e. The summed E-state index contributed by atoms with van der Waals surface area (Å²) < 4.78 is 1.95. The molecule has 1 amide bonds. The molecule has 0 spiro atoms. The van der Waals surface area contributed by atoms with E-state index >= 15 is 0 Å². The van der Waals surface area contributed by atoms with Gasteiger partial charge in [0, 0.05) is 26.1 Å². The van der Waals surface area contributed by atoms with E-state index in [1.54, 1.807) is 17.1 Å². The van der Waals surface area contributed by atoms with Gasteiger partial charge in [-0.15, -0.1) is 0 Å². The lowest BCUT2D eigenvalue weighted by Gasteiger charge is -2.27. The van der Waals surface area contributed by atoms with Crippen LogP contribution < -0.4 is 4.90 Å². The van der Waals surface area contributed by atoms with Crippen LogP contribution in [-0.4, -0.2) is 22.7 Å². The number of fused-ring (bicyclic) bond motifs is 1. The lowest BCUT2D eigenvalue weighted by atomic mass is 9.83. The summed E-state index contributed by atoms with van der Waals surface area (Å²) in [4.78, 5) is 15.0. The summed E-state index contributed by atoms with van der Waals surface area (Å²) in [6, 6.07) is 13.6. The number of amides is 1. The second kappa shape index (κ2) is 8.43. The highest BCUT2D eigenvalue weighted by molar-refractivity contribution is 14.1. The van der Waals surface area contributed by atoms with E-state index in [0.717, 1.165) is 19.3 Å². The highest BCUT2D eigenvalue weighted by atomic mass is 127. The van der Waals surface area contributed by atoms with Crippen molar-refractivity contribution >= 4 is 50.1 Å². The molecule has 1 aliphatic heterocycles. The topological polar surface area (TPSA) is 60.8 Å². The smallest absolute Gasteiger partial charge is 0.264 e. The second-order valence-corrected chi connectivity index (χ2v) is 8.84. The fourth-order valence-corrected chi connectivity index (χ4v) is 4.08. The molecule has 27 heavy (non-hydrogen) atoms. The molecule has 0 saturated carbocycles. The van der Waals surface area contributed by atoms with E-state index < -0.39 is 11.5 Å². The number of carbonyl (C=O) groups is 1. The number of halogens is 2. The maximum Gasteiger partial charge on any atom is 0.264 e. The first-order chi connectivity index (χ1) is 12.9. The van der Waals surface area contributed by atoms with Crippen LogP contribution in [0.15, 0.2) is 59.1 Å². The van der Waals surface area contributed by atoms with Crippen LogP contribution in [0, 0.1) is 9.49 Å². The zero-order valence-electron chi connectivity index (χ0n) is 14.9. The van der Waals surface area contributed by atoms with E-state index in [0.29, 0.717) is 18.5 Å². The van der Waals surface area contributed by atoms with Crippen molar-refractivity contribution in [2.75, 3.05) is 11.5 Å². The third-order valence-corrected chi connectivity index (χ3v) is 6.08. The first kappa shape index (κ1) is 20.5. The number of rotatable bonds is 6. The Bertz CT molecular complexity index is 868. The van der Waals surface area contributed by atoms with Gasteiger partial charge in [0.05, 0.1) is 12.2 Å². The number of hydrogen-bond acceptors (Lipinski definition) is 3. The Kier molecular flexibility index (Phi) is 6.40. The van der Waals surface area contributed by atoms with Gasteiger partial charge in [-0.2, -0.15) is 0 Å². The van der Waals surface area contributed by atoms with Crippen molar-refractivity contribution in [1.29, 1.82) is 0 Å². The molecule has 2 aromatic rings. The number of aliphatic hydroxyl groups is 2. The molecule has 142 valence electrons. The van der Waals surface area contributed by atoms with Crippen molar-refractivity contribution in [1.82, 2.24) is 0 Å². The molecule has 1 heterocycles. The molecule has 6 heteroatoms. The van der Waals surface area contributed by atoms with Crippen LogP contribution in [0.2, 0.25) is 0 Å². The van der Waals surface area contributed by atoms with Crippen molar-refractivity contribution in [3.63, 3.8) is 0 Å². The largest absolute Gasteiger partial charge is 0.396 e. The SMILES string of the molecule is C[C@H](/C=C/CCO)[C@@]1(O)C(=O)N(Cc2ccc(I)cc2)c2ccc(Br)cc21. The third-order valence-electron chi connectivity index (χ3n) is 4.86. The fourth-order valence-electron chi connectivity index (χ4n) is 3.36. The predicted octanol–water partition coefficient (Wildman–Crippen LogP) is 4.36. The molecule has 0 bridgehead atoms. The van der Waals surface area contributed by atoms with Crippen molar-refractivity contribution in [3.05, 3.63) is 73.8 Å². The lowest BCUT2D eigenvalue weighted by molar-refractivity contribution is -0.139. The summed E-state index contributed by atoms with van der Waals surface area (Å²) in [5.74, 6) is -0.748. The van der Waals surface area contributed by atoms with Gasteiger partial charge >= 0.3 is 0 Å². The summed E-state index contributed by atoms with van der Waals surface area (Å²) >= 11 is 5.70. The molecule has 2 atom stereocenters. The minimum atomic E-state index is -1.63. The van der Waals surface area contributed by atoms with Gasteiger partial charge in [-0.1, -0.05) is 47.1 Å². The molecule has 0 aromatic heterocycles. The summed E-state index contributed by atoms with van der Waals surface area (Å²) in [6.07, 6.45) is 4.09. The normalized spacial score (nSPS) is 20.3. The zero-order valence-corrected chi connectivity index (χ0v) is 18.6. The molecule has 0 saturated heterocycles. The fraction of sp³-hybridized carbons (Fsp3) is 0.286. The number of benzene rings is 2. The van der Waals surface area contributed by atoms with Gasteiger partial charge in [-0.3, -0.25) is 4.79 Å². The standard InChI is InChI=1S/C21H21BrINO3/c1-14(4-2-3-11-25)21(27)18-12-16(22)7-10-19(18)24(20(21)26)13-15-5-8-17(23)9-6-15/h2,4-10,12,14,25,27H,3,11,13H2,1H3/b4-2+/t14-,21+/m1/s1. The Hall–Kier alpha value is -1.22. The number of nitrogens with zero attached hydrogens (tertiary/aromatic N) is 1. The van der Waals surface area contributed by atoms with E-state index in [2.05, 4.69) is 38.5 Å². The molecule has 0 unspecified atom stereocenters. The Balaban J connectivity index is 2.00. The average Bonchev–Trinajstić information content (AvgIpc) is 2.86. The van der Waals surface area contributed by atoms with Crippen LogP contribution in [0.25, 0.3) is 0 Å². The van der Waals surface area contributed by atoms with Crippen molar-refractivity contribution < 1.29 is 15.0 Å². The molecule has 4 nitrogen and oxygen atoms in total. The van der Waals surface area contributed by atoms with Gasteiger partial charge in [-0.05, 0) is 64.9 Å². The molecule has 0 aliphatic carbocycles. The zero-order chi connectivity index (χ0) is 19.6. The van der Waals surface area contributed by atoms with Crippen LogP contribution >= 0.6 is 38.5 Å². The third kappa shape index (κ3) is 3.99. The van der Waals surface area contributed by atoms with Gasteiger partial charge < -0.3 is 15.1 Å². The van der Waals surface area contributed by atoms with E-state index in [9.17, 15) is 9.90 Å². The summed E-state index contributed by atoms with van der Waals surface area (Å²) in [5, 5.41) is 20.5. The van der Waals surface area contributed by atoms with Crippen molar-refractivity contribution in [3.8, 4) is 0 Å². The summed E-state index contributed by atoms with van der Waals surface area (Å²) in [6.45, 7) is 2.27. The number of aliphatic hydroxyl groups excluding tert-OH is 1. The Labute approximate surface area is 181 Å². The molecular formula is C21H21BrINO3. The predicted molar refractivity (Wildman–Crippen MR) is 118 cm³/mol. The molecule has 3 rings (SSSR count). The first-order valence-electron chi connectivity index (χ1n) is 8.74. The van der Waals surface area contributed by atoms with Gasteiger partial charge in [0.15, 0.2) is 5.60 Å². The van der Waals surface area contributed by atoms with Crippen LogP contribution in [0.3, 0.4) is 0 Å². The maximum absolute atomic E-state index is 13.3. The second-order valence-electron chi connectivity index (χ2n) is 6.67. The molecule has 0 radical (unpaired) electrons. The van der Waals surface area contributed by atoms with E-state index in [1.165, 1.54) is 0 Å². The summed E-state index contributed by atoms with van der Waals surface area (Å²) in [5.41, 5.74) is 0.708. The summed E-state index contributed by atoms with van der Waals surface area (Å²) in [7, 11) is 0.